The lowest BCUT2D eigenvalue weighted by Crippen LogP contribution is -2.48. The molecule has 6 heteroatoms. The van der Waals surface area contributed by atoms with Crippen molar-refractivity contribution in [3.8, 4) is 11.5 Å². The normalized spacial score (nSPS) is 25.7. The molecule has 3 aliphatic rings. The van der Waals surface area contributed by atoms with Crippen LogP contribution in [0.15, 0.2) is 12.1 Å². The lowest BCUT2D eigenvalue weighted by Gasteiger charge is -2.36. The van der Waals surface area contributed by atoms with Gasteiger partial charge in [-0.3, -0.25) is 4.79 Å². The van der Waals surface area contributed by atoms with Crippen LogP contribution in [-0.2, 0) is 0 Å². The highest BCUT2D eigenvalue weighted by Crippen LogP contribution is 2.35. The number of likely N-dealkylation sites (tertiary alicyclic amines) is 1. The van der Waals surface area contributed by atoms with E-state index < -0.39 is 0 Å². The summed E-state index contributed by atoms with van der Waals surface area (Å²) in [5, 5.41) is 13.5. The largest absolute Gasteiger partial charge is 0.490 e. The summed E-state index contributed by atoms with van der Waals surface area (Å²) in [6.45, 7) is 6.42. The summed E-state index contributed by atoms with van der Waals surface area (Å²) in [7, 11) is 0. The minimum absolute atomic E-state index is 0.102. The Morgan fingerprint density at radius 1 is 1.26 bits per heavy atom. The van der Waals surface area contributed by atoms with Crippen LogP contribution in [0.3, 0.4) is 0 Å². The van der Waals surface area contributed by atoms with Gasteiger partial charge in [0.2, 0.25) is 0 Å². The van der Waals surface area contributed by atoms with E-state index in [1.54, 1.807) is 0 Å². The molecule has 0 spiro atoms. The molecule has 1 saturated carbocycles. The number of aliphatic hydroxyl groups excluding tert-OH is 1. The summed E-state index contributed by atoms with van der Waals surface area (Å²) in [5.41, 5.74) is 1.49. The van der Waals surface area contributed by atoms with E-state index in [-0.39, 0.29) is 17.9 Å². The van der Waals surface area contributed by atoms with Gasteiger partial charge in [-0.15, -0.1) is 0 Å². The van der Waals surface area contributed by atoms with Gasteiger partial charge in [-0.1, -0.05) is 0 Å². The average Bonchev–Trinajstić information content (AvgIpc) is 3.47. The van der Waals surface area contributed by atoms with Gasteiger partial charge in [0.15, 0.2) is 11.5 Å². The fourth-order valence-electron chi connectivity index (χ4n) is 4.01. The van der Waals surface area contributed by atoms with E-state index in [4.69, 9.17) is 9.47 Å². The number of nitrogens with zero attached hydrogens (tertiary/aromatic N) is 1. The van der Waals surface area contributed by atoms with E-state index in [2.05, 4.69) is 10.2 Å². The molecule has 2 N–H and O–H groups in total. The number of aryl methyl sites for hydroxylation is 1. The van der Waals surface area contributed by atoms with E-state index >= 15 is 0 Å². The number of ether oxygens (including phenoxy) is 2. The molecule has 6 nitrogen and oxygen atoms in total. The number of hydrogen-bond donors (Lipinski definition) is 2. The Labute approximate surface area is 160 Å². The van der Waals surface area contributed by atoms with E-state index in [0.717, 1.165) is 37.4 Å². The van der Waals surface area contributed by atoms with Gasteiger partial charge in [-0.25, -0.2) is 0 Å². The third kappa shape index (κ3) is 4.55. The van der Waals surface area contributed by atoms with Gasteiger partial charge in [0.1, 0.15) is 0 Å². The standard InChI is InChI=1S/C21H30N2O4/c1-14-9-17(20-19(10-14)26-7-2-8-27-20)21(25)22-11-16-5-6-23(13-18(16)24)12-15-3-4-15/h9-10,15-16,18,24H,2-8,11-13H2,1H3,(H,22,25)/t16-,18+/m0/s1. The number of fused-ring (bicyclic) bond motifs is 1. The van der Waals surface area contributed by atoms with Gasteiger partial charge >= 0.3 is 0 Å². The lowest BCUT2D eigenvalue weighted by atomic mass is 9.93. The van der Waals surface area contributed by atoms with Crippen LogP contribution in [0.25, 0.3) is 0 Å². The molecule has 1 amide bonds. The van der Waals surface area contributed by atoms with Crippen LogP contribution in [0.1, 0.15) is 41.6 Å². The van der Waals surface area contributed by atoms with Crippen LogP contribution in [0, 0.1) is 18.8 Å². The Bertz CT molecular complexity index is 689. The molecule has 2 fully saturated rings. The highest BCUT2D eigenvalue weighted by Gasteiger charge is 2.32. The summed E-state index contributed by atoms with van der Waals surface area (Å²) in [4.78, 5) is 15.2. The van der Waals surface area contributed by atoms with Crippen molar-refractivity contribution >= 4 is 5.91 Å². The first-order valence-electron chi connectivity index (χ1n) is 10.2. The van der Waals surface area contributed by atoms with Crippen molar-refractivity contribution in [1.29, 1.82) is 0 Å². The second-order valence-corrected chi connectivity index (χ2v) is 8.22. The molecular formula is C21H30N2O4. The Hall–Kier alpha value is -1.79. The number of aliphatic hydroxyl groups is 1. The molecule has 1 aliphatic carbocycles. The van der Waals surface area contributed by atoms with Crippen molar-refractivity contribution in [2.45, 2.75) is 38.7 Å². The molecule has 0 aromatic heterocycles. The molecule has 2 aliphatic heterocycles. The monoisotopic (exact) mass is 374 g/mol. The van der Waals surface area contributed by atoms with Crippen molar-refractivity contribution < 1.29 is 19.4 Å². The average molecular weight is 374 g/mol. The molecule has 0 bridgehead atoms. The van der Waals surface area contributed by atoms with Crippen molar-refractivity contribution in [1.82, 2.24) is 10.2 Å². The molecule has 0 radical (unpaired) electrons. The first-order chi connectivity index (χ1) is 13.1. The number of piperidine rings is 1. The SMILES string of the molecule is Cc1cc2c(c(C(=O)NC[C@@H]3CCN(CC4CC4)C[C@H]3O)c1)OCCCO2. The summed E-state index contributed by atoms with van der Waals surface area (Å²) in [6.07, 6.45) is 4.00. The zero-order chi connectivity index (χ0) is 18.8. The van der Waals surface area contributed by atoms with Crippen LogP contribution in [-0.4, -0.2) is 61.4 Å². The second kappa shape index (κ2) is 8.07. The highest BCUT2D eigenvalue weighted by molar-refractivity contribution is 5.98. The van der Waals surface area contributed by atoms with Gasteiger partial charge in [-0.2, -0.15) is 0 Å². The van der Waals surface area contributed by atoms with Crippen LogP contribution in [0.4, 0.5) is 0 Å². The zero-order valence-electron chi connectivity index (χ0n) is 16.1. The first-order valence-corrected chi connectivity index (χ1v) is 10.2. The smallest absolute Gasteiger partial charge is 0.255 e. The Morgan fingerprint density at radius 3 is 2.85 bits per heavy atom. The quantitative estimate of drug-likeness (QED) is 0.825. The fraction of sp³-hybridized carbons (Fsp3) is 0.667. The fourth-order valence-corrected chi connectivity index (χ4v) is 4.01. The van der Waals surface area contributed by atoms with E-state index in [9.17, 15) is 9.90 Å². The van der Waals surface area contributed by atoms with Gasteiger partial charge in [0.25, 0.3) is 5.91 Å². The predicted octanol–water partition coefficient (Wildman–Crippen LogP) is 1.98. The Morgan fingerprint density at radius 2 is 2.07 bits per heavy atom. The Kier molecular flexibility index (Phi) is 5.55. The topological polar surface area (TPSA) is 71.0 Å². The van der Waals surface area contributed by atoms with Crippen molar-refractivity contribution in [3.63, 3.8) is 0 Å². The number of nitrogens with one attached hydrogen (secondary N) is 1. The molecule has 27 heavy (non-hydrogen) atoms. The third-order valence-corrected chi connectivity index (χ3v) is 5.78. The van der Waals surface area contributed by atoms with Gasteiger partial charge in [-0.05, 0) is 56.3 Å². The maximum absolute atomic E-state index is 12.8. The van der Waals surface area contributed by atoms with Crippen LogP contribution < -0.4 is 14.8 Å². The minimum atomic E-state index is -0.382. The molecule has 2 atom stereocenters. The molecule has 0 unspecified atom stereocenters. The van der Waals surface area contributed by atoms with Gasteiger partial charge in [0, 0.05) is 32.0 Å². The van der Waals surface area contributed by atoms with E-state index in [1.165, 1.54) is 12.8 Å². The number of carbonyl (C=O) groups is 1. The number of hydrogen-bond acceptors (Lipinski definition) is 5. The van der Waals surface area contributed by atoms with Crippen molar-refractivity contribution in [3.05, 3.63) is 23.3 Å². The Balaban J connectivity index is 1.36. The van der Waals surface area contributed by atoms with Gasteiger partial charge < -0.3 is 24.8 Å². The summed E-state index contributed by atoms with van der Waals surface area (Å²) in [6, 6.07) is 3.76. The molecule has 1 saturated heterocycles. The van der Waals surface area contributed by atoms with E-state index in [1.807, 2.05) is 19.1 Å². The second-order valence-electron chi connectivity index (χ2n) is 8.22. The maximum Gasteiger partial charge on any atom is 0.255 e. The van der Waals surface area contributed by atoms with Crippen LogP contribution in [0.2, 0.25) is 0 Å². The third-order valence-electron chi connectivity index (χ3n) is 5.78. The number of carbonyl (C=O) groups excluding carboxylic acids is 1. The van der Waals surface area contributed by atoms with Crippen molar-refractivity contribution in [2.75, 3.05) is 39.4 Å². The molecule has 1 aromatic rings. The number of benzene rings is 1. The molecule has 1 aromatic carbocycles. The number of amides is 1. The first kappa shape index (κ1) is 18.6. The zero-order valence-corrected chi connectivity index (χ0v) is 16.1. The summed E-state index contributed by atoms with van der Waals surface area (Å²) >= 11 is 0. The molecule has 148 valence electrons. The number of rotatable bonds is 5. The molecule has 4 rings (SSSR count). The van der Waals surface area contributed by atoms with Crippen molar-refractivity contribution in [2.24, 2.45) is 11.8 Å². The molecule has 2 heterocycles. The summed E-state index contributed by atoms with van der Waals surface area (Å²) < 4.78 is 11.5. The summed E-state index contributed by atoms with van der Waals surface area (Å²) in [5.74, 6) is 1.96. The van der Waals surface area contributed by atoms with Crippen LogP contribution >= 0.6 is 0 Å². The predicted molar refractivity (Wildman–Crippen MR) is 102 cm³/mol. The molecular weight excluding hydrogens is 344 g/mol. The number of β-amino-alcohol motifs (C(OH)–C–C–N with tert-alkyl or cyclic N) is 1. The van der Waals surface area contributed by atoms with E-state index in [0.29, 0.717) is 43.4 Å². The highest BCUT2D eigenvalue weighted by atomic mass is 16.5. The van der Waals surface area contributed by atoms with Crippen LogP contribution in [0.5, 0.6) is 11.5 Å². The lowest BCUT2D eigenvalue weighted by molar-refractivity contribution is 0.0204. The minimum Gasteiger partial charge on any atom is -0.490 e. The maximum atomic E-state index is 12.8. The van der Waals surface area contributed by atoms with Gasteiger partial charge in [0.05, 0.1) is 24.9 Å².